The van der Waals surface area contributed by atoms with Crippen molar-refractivity contribution in [3.63, 3.8) is 0 Å². The molecular weight excluding hydrogens is 281 g/mol. The SMILES string of the molecule is COCCCCC(O)(c1cc(F)ccc1C)[C@@H]1CCCNC1. The van der Waals surface area contributed by atoms with Crippen LogP contribution in [0.4, 0.5) is 4.39 Å². The monoisotopic (exact) mass is 309 g/mol. The second-order valence-corrected chi connectivity index (χ2v) is 6.38. The summed E-state index contributed by atoms with van der Waals surface area (Å²) in [5, 5.41) is 14.8. The number of piperidine rings is 1. The maximum atomic E-state index is 13.7. The van der Waals surface area contributed by atoms with E-state index in [1.54, 1.807) is 13.2 Å². The van der Waals surface area contributed by atoms with Crippen molar-refractivity contribution >= 4 is 0 Å². The highest BCUT2D eigenvalue weighted by Gasteiger charge is 2.39. The van der Waals surface area contributed by atoms with Crippen molar-refractivity contribution < 1.29 is 14.2 Å². The van der Waals surface area contributed by atoms with Crippen molar-refractivity contribution in [1.29, 1.82) is 0 Å². The van der Waals surface area contributed by atoms with Crippen LogP contribution in [-0.2, 0) is 10.3 Å². The zero-order chi connectivity index (χ0) is 16.0. The molecule has 1 aromatic carbocycles. The maximum absolute atomic E-state index is 13.7. The van der Waals surface area contributed by atoms with Gasteiger partial charge in [0.05, 0.1) is 5.60 Å². The van der Waals surface area contributed by atoms with Crippen molar-refractivity contribution in [2.24, 2.45) is 5.92 Å². The molecule has 1 aliphatic rings. The summed E-state index contributed by atoms with van der Waals surface area (Å²) in [4.78, 5) is 0. The Morgan fingerprint density at radius 2 is 2.23 bits per heavy atom. The average molecular weight is 309 g/mol. The topological polar surface area (TPSA) is 41.5 Å². The molecule has 1 aromatic rings. The standard InChI is InChI=1S/C18H28FNO2/c1-14-7-8-16(19)12-17(14)18(21,9-3-4-11-22-2)15-6-5-10-20-13-15/h7-8,12,15,20-21H,3-6,9-11,13H2,1-2H3/t15-,18?/m1/s1. The number of aliphatic hydroxyl groups is 1. The van der Waals surface area contributed by atoms with Gasteiger partial charge in [0.15, 0.2) is 0 Å². The van der Waals surface area contributed by atoms with Crippen molar-refractivity contribution in [3.05, 3.63) is 35.1 Å². The Morgan fingerprint density at radius 1 is 1.41 bits per heavy atom. The van der Waals surface area contributed by atoms with Crippen LogP contribution < -0.4 is 5.32 Å². The fourth-order valence-electron chi connectivity index (χ4n) is 3.52. The highest BCUT2D eigenvalue weighted by molar-refractivity contribution is 5.33. The zero-order valence-electron chi connectivity index (χ0n) is 13.7. The first kappa shape index (κ1) is 17.4. The Morgan fingerprint density at radius 3 is 2.91 bits per heavy atom. The summed E-state index contributed by atoms with van der Waals surface area (Å²) >= 11 is 0. The first-order valence-electron chi connectivity index (χ1n) is 8.26. The largest absolute Gasteiger partial charge is 0.385 e. The minimum Gasteiger partial charge on any atom is -0.385 e. The molecule has 0 saturated carbocycles. The number of aryl methyl sites for hydroxylation is 1. The molecule has 0 aromatic heterocycles. The van der Waals surface area contributed by atoms with E-state index in [0.29, 0.717) is 13.0 Å². The highest BCUT2D eigenvalue weighted by atomic mass is 19.1. The minimum atomic E-state index is -0.965. The number of ether oxygens (including phenoxy) is 1. The lowest BCUT2D eigenvalue weighted by Crippen LogP contribution is -2.44. The van der Waals surface area contributed by atoms with Gasteiger partial charge in [-0.1, -0.05) is 6.07 Å². The number of rotatable bonds is 7. The Balaban J connectivity index is 2.24. The number of hydrogen-bond donors (Lipinski definition) is 2. The summed E-state index contributed by atoms with van der Waals surface area (Å²) in [5.41, 5.74) is 0.743. The van der Waals surface area contributed by atoms with Gasteiger partial charge >= 0.3 is 0 Å². The van der Waals surface area contributed by atoms with Crippen LogP contribution in [-0.4, -0.2) is 31.9 Å². The second-order valence-electron chi connectivity index (χ2n) is 6.38. The lowest BCUT2D eigenvalue weighted by Gasteiger charge is -2.40. The van der Waals surface area contributed by atoms with E-state index in [2.05, 4.69) is 5.32 Å². The molecule has 1 saturated heterocycles. The first-order chi connectivity index (χ1) is 10.6. The maximum Gasteiger partial charge on any atom is 0.123 e. The normalized spacial score (nSPS) is 21.5. The number of methoxy groups -OCH3 is 1. The Bertz CT molecular complexity index is 474. The van der Waals surface area contributed by atoms with Gasteiger partial charge < -0.3 is 15.2 Å². The van der Waals surface area contributed by atoms with Crippen LogP contribution in [0.25, 0.3) is 0 Å². The van der Waals surface area contributed by atoms with Gasteiger partial charge in [-0.25, -0.2) is 4.39 Å². The molecule has 1 unspecified atom stereocenters. The minimum absolute atomic E-state index is 0.129. The summed E-state index contributed by atoms with van der Waals surface area (Å²) in [6, 6.07) is 4.74. The summed E-state index contributed by atoms with van der Waals surface area (Å²) in [7, 11) is 1.69. The molecule has 1 fully saturated rings. The van der Waals surface area contributed by atoms with Gasteiger partial charge in [0.25, 0.3) is 0 Å². The summed E-state index contributed by atoms with van der Waals surface area (Å²) in [6.45, 7) is 4.43. The molecule has 124 valence electrons. The number of hydrogen-bond acceptors (Lipinski definition) is 3. The molecule has 2 rings (SSSR count). The van der Waals surface area contributed by atoms with E-state index >= 15 is 0 Å². The molecule has 0 amide bonds. The lowest BCUT2D eigenvalue weighted by atomic mass is 9.73. The van der Waals surface area contributed by atoms with Gasteiger partial charge in [0.1, 0.15) is 5.82 Å². The third-order valence-corrected chi connectivity index (χ3v) is 4.79. The lowest BCUT2D eigenvalue weighted by molar-refractivity contribution is -0.0441. The molecular formula is C18H28FNO2. The number of unbranched alkanes of at least 4 members (excludes halogenated alkanes) is 1. The molecule has 3 nitrogen and oxygen atoms in total. The Kier molecular flexibility index (Phi) is 6.36. The smallest absolute Gasteiger partial charge is 0.123 e. The van der Waals surface area contributed by atoms with E-state index in [9.17, 15) is 9.50 Å². The van der Waals surface area contributed by atoms with Crippen molar-refractivity contribution in [1.82, 2.24) is 5.32 Å². The third-order valence-electron chi connectivity index (χ3n) is 4.79. The molecule has 4 heteroatoms. The van der Waals surface area contributed by atoms with Crippen LogP contribution >= 0.6 is 0 Å². The average Bonchev–Trinajstić information content (AvgIpc) is 2.54. The van der Waals surface area contributed by atoms with Crippen LogP contribution in [0.15, 0.2) is 18.2 Å². The predicted octanol–water partition coefficient (Wildman–Crippen LogP) is 3.14. The van der Waals surface area contributed by atoms with Crippen LogP contribution in [0.5, 0.6) is 0 Å². The highest BCUT2D eigenvalue weighted by Crippen LogP contribution is 2.39. The van der Waals surface area contributed by atoms with Crippen molar-refractivity contribution in [2.75, 3.05) is 26.8 Å². The van der Waals surface area contributed by atoms with Gasteiger partial charge in [-0.15, -0.1) is 0 Å². The quantitative estimate of drug-likeness (QED) is 0.760. The molecule has 1 aliphatic heterocycles. The number of benzene rings is 1. The molecule has 2 N–H and O–H groups in total. The van der Waals surface area contributed by atoms with Gasteiger partial charge in [-0.05, 0) is 68.8 Å². The molecule has 0 aliphatic carbocycles. The molecule has 1 heterocycles. The van der Waals surface area contributed by atoms with E-state index in [1.807, 2.05) is 6.92 Å². The summed E-state index contributed by atoms with van der Waals surface area (Å²) < 4.78 is 18.8. The van der Waals surface area contributed by atoms with Crippen molar-refractivity contribution in [3.8, 4) is 0 Å². The Hall–Kier alpha value is -0.970. The van der Waals surface area contributed by atoms with E-state index in [0.717, 1.165) is 49.9 Å². The summed E-state index contributed by atoms with van der Waals surface area (Å²) in [5.74, 6) is -0.149. The fourth-order valence-corrected chi connectivity index (χ4v) is 3.52. The van der Waals surface area contributed by atoms with E-state index in [-0.39, 0.29) is 11.7 Å². The van der Waals surface area contributed by atoms with Gasteiger partial charge in [0, 0.05) is 26.2 Å². The van der Waals surface area contributed by atoms with Crippen molar-refractivity contribution in [2.45, 2.75) is 44.6 Å². The van der Waals surface area contributed by atoms with E-state index in [4.69, 9.17) is 4.74 Å². The molecule has 0 spiro atoms. The van der Waals surface area contributed by atoms with Gasteiger partial charge in [-0.3, -0.25) is 0 Å². The Labute approximate surface area is 132 Å². The van der Waals surface area contributed by atoms with Crippen LogP contribution in [0, 0.1) is 18.7 Å². The molecule has 22 heavy (non-hydrogen) atoms. The first-order valence-corrected chi connectivity index (χ1v) is 8.26. The fraction of sp³-hybridized carbons (Fsp3) is 0.667. The number of halogens is 1. The van der Waals surface area contributed by atoms with Crippen LogP contribution in [0.2, 0.25) is 0 Å². The predicted molar refractivity (Wildman–Crippen MR) is 86.4 cm³/mol. The summed E-state index contributed by atoms with van der Waals surface area (Å²) in [6.07, 6.45) is 4.46. The zero-order valence-corrected chi connectivity index (χ0v) is 13.7. The second kappa shape index (κ2) is 8.04. The van der Waals surface area contributed by atoms with Crippen LogP contribution in [0.1, 0.15) is 43.2 Å². The van der Waals surface area contributed by atoms with Gasteiger partial charge in [-0.2, -0.15) is 0 Å². The molecule has 0 radical (unpaired) electrons. The molecule has 0 bridgehead atoms. The molecule has 2 atom stereocenters. The van der Waals surface area contributed by atoms with Gasteiger partial charge in [0.2, 0.25) is 0 Å². The van der Waals surface area contributed by atoms with E-state index < -0.39 is 5.60 Å². The number of nitrogens with one attached hydrogen (secondary N) is 1. The third kappa shape index (κ3) is 4.06. The van der Waals surface area contributed by atoms with E-state index in [1.165, 1.54) is 12.1 Å². The van der Waals surface area contributed by atoms with Crippen LogP contribution in [0.3, 0.4) is 0 Å².